The molecule has 6 heteroatoms. The molecule has 2 rings (SSSR count). The first-order valence-electron chi connectivity index (χ1n) is 8.11. The summed E-state index contributed by atoms with van der Waals surface area (Å²) in [7, 11) is 0. The first-order chi connectivity index (χ1) is 12.0. The quantitative estimate of drug-likeness (QED) is 0.816. The maximum atomic E-state index is 12.2. The van der Waals surface area contributed by atoms with Gasteiger partial charge < -0.3 is 15.0 Å². The predicted octanol–water partition coefficient (Wildman–Crippen LogP) is 3.84. The molecule has 2 amide bonds. The molecule has 0 aliphatic rings. The van der Waals surface area contributed by atoms with E-state index in [2.05, 4.69) is 5.32 Å². The average molecular weight is 361 g/mol. The van der Waals surface area contributed by atoms with Crippen LogP contribution in [-0.4, -0.2) is 36.4 Å². The van der Waals surface area contributed by atoms with Crippen LogP contribution in [-0.2, 0) is 4.79 Å². The highest BCUT2D eigenvalue weighted by Crippen LogP contribution is 2.16. The lowest BCUT2D eigenvalue weighted by molar-refractivity contribution is -0.118. The van der Waals surface area contributed by atoms with Gasteiger partial charge in [0.15, 0.2) is 6.61 Å². The van der Waals surface area contributed by atoms with Crippen molar-refractivity contribution in [2.75, 3.05) is 25.0 Å². The molecule has 0 radical (unpaired) electrons. The Morgan fingerprint density at radius 2 is 1.60 bits per heavy atom. The Balaban J connectivity index is 1.88. The van der Waals surface area contributed by atoms with Gasteiger partial charge in [0, 0.05) is 29.4 Å². The van der Waals surface area contributed by atoms with E-state index in [1.165, 1.54) is 0 Å². The van der Waals surface area contributed by atoms with Crippen LogP contribution in [0.1, 0.15) is 24.2 Å². The molecule has 5 nitrogen and oxygen atoms in total. The number of rotatable bonds is 7. The molecule has 0 saturated heterocycles. The third kappa shape index (κ3) is 5.50. The number of amides is 2. The van der Waals surface area contributed by atoms with Gasteiger partial charge in [-0.15, -0.1) is 0 Å². The van der Waals surface area contributed by atoms with Gasteiger partial charge in [-0.2, -0.15) is 0 Å². The Bertz CT molecular complexity index is 710. The number of nitrogens with zero attached hydrogens (tertiary/aromatic N) is 1. The molecule has 2 aromatic rings. The van der Waals surface area contributed by atoms with Crippen LogP contribution in [0.5, 0.6) is 5.75 Å². The lowest BCUT2D eigenvalue weighted by Gasteiger charge is -2.18. The van der Waals surface area contributed by atoms with Gasteiger partial charge in [-0.25, -0.2) is 0 Å². The summed E-state index contributed by atoms with van der Waals surface area (Å²) >= 11 is 5.79. The van der Waals surface area contributed by atoms with Crippen LogP contribution in [0.3, 0.4) is 0 Å². The van der Waals surface area contributed by atoms with Gasteiger partial charge in [-0.3, -0.25) is 9.59 Å². The summed E-state index contributed by atoms with van der Waals surface area (Å²) in [5, 5.41) is 3.34. The number of hydrogen-bond donors (Lipinski definition) is 1. The Hall–Kier alpha value is -2.53. The first kappa shape index (κ1) is 18.8. The lowest BCUT2D eigenvalue weighted by Crippen LogP contribution is -2.30. The van der Waals surface area contributed by atoms with E-state index in [4.69, 9.17) is 16.3 Å². The van der Waals surface area contributed by atoms with Crippen molar-refractivity contribution in [1.29, 1.82) is 0 Å². The maximum absolute atomic E-state index is 12.2. The van der Waals surface area contributed by atoms with Crippen LogP contribution in [0, 0.1) is 0 Å². The van der Waals surface area contributed by atoms with Gasteiger partial charge in [-0.1, -0.05) is 11.6 Å². The van der Waals surface area contributed by atoms with Crippen molar-refractivity contribution in [2.24, 2.45) is 0 Å². The second-order valence-corrected chi connectivity index (χ2v) is 5.78. The molecule has 0 bridgehead atoms. The van der Waals surface area contributed by atoms with Crippen LogP contribution in [0.4, 0.5) is 5.69 Å². The van der Waals surface area contributed by atoms with Gasteiger partial charge in [0.25, 0.3) is 11.8 Å². The maximum Gasteiger partial charge on any atom is 0.262 e. The van der Waals surface area contributed by atoms with E-state index in [1.807, 2.05) is 13.8 Å². The number of hydrogen-bond acceptors (Lipinski definition) is 3. The summed E-state index contributed by atoms with van der Waals surface area (Å²) in [5.74, 6) is 0.270. The Morgan fingerprint density at radius 1 is 1.00 bits per heavy atom. The Kier molecular flexibility index (Phi) is 6.83. The molecule has 0 heterocycles. The van der Waals surface area contributed by atoms with E-state index in [0.29, 0.717) is 35.1 Å². The summed E-state index contributed by atoms with van der Waals surface area (Å²) in [6.45, 7) is 5.10. The summed E-state index contributed by atoms with van der Waals surface area (Å²) in [6.07, 6.45) is 0. The van der Waals surface area contributed by atoms with Crippen LogP contribution in [0.15, 0.2) is 48.5 Å². The molecule has 0 fully saturated rings. The van der Waals surface area contributed by atoms with E-state index >= 15 is 0 Å². The summed E-state index contributed by atoms with van der Waals surface area (Å²) in [6, 6.07) is 13.6. The molecule has 132 valence electrons. The average Bonchev–Trinajstić information content (AvgIpc) is 2.63. The van der Waals surface area contributed by atoms with E-state index in [0.717, 1.165) is 0 Å². The van der Waals surface area contributed by atoms with Crippen LogP contribution in [0.2, 0.25) is 5.02 Å². The number of anilines is 1. The van der Waals surface area contributed by atoms with Crippen molar-refractivity contribution in [3.8, 4) is 5.75 Å². The van der Waals surface area contributed by atoms with Gasteiger partial charge in [0.2, 0.25) is 0 Å². The molecule has 25 heavy (non-hydrogen) atoms. The highest BCUT2D eigenvalue weighted by atomic mass is 35.5. The summed E-state index contributed by atoms with van der Waals surface area (Å²) < 4.78 is 5.39. The van der Waals surface area contributed by atoms with E-state index in [-0.39, 0.29) is 18.4 Å². The number of carbonyl (C=O) groups is 2. The number of nitrogens with one attached hydrogen (secondary N) is 1. The predicted molar refractivity (Wildman–Crippen MR) is 99.3 cm³/mol. The molecule has 0 saturated carbocycles. The third-order valence-corrected chi connectivity index (χ3v) is 3.90. The highest BCUT2D eigenvalue weighted by molar-refractivity contribution is 6.30. The zero-order valence-corrected chi connectivity index (χ0v) is 15.0. The zero-order chi connectivity index (χ0) is 18.2. The van der Waals surface area contributed by atoms with E-state index < -0.39 is 0 Å². The fraction of sp³-hybridized carbons (Fsp3) is 0.263. The van der Waals surface area contributed by atoms with Crippen molar-refractivity contribution in [3.05, 3.63) is 59.1 Å². The highest BCUT2D eigenvalue weighted by Gasteiger charge is 2.12. The van der Waals surface area contributed by atoms with Crippen molar-refractivity contribution >= 4 is 29.1 Å². The van der Waals surface area contributed by atoms with Crippen molar-refractivity contribution in [3.63, 3.8) is 0 Å². The summed E-state index contributed by atoms with van der Waals surface area (Å²) in [4.78, 5) is 25.9. The topological polar surface area (TPSA) is 58.6 Å². The van der Waals surface area contributed by atoms with Crippen molar-refractivity contribution < 1.29 is 14.3 Å². The van der Waals surface area contributed by atoms with E-state index in [1.54, 1.807) is 53.4 Å². The van der Waals surface area contributed by atoms with Crippen LogP contribution < -0.4 is 10.1 Å². The van der Waals surface area contributed by atoms with Crippen molar-refractivity contribution in [2.45, 2.75) is 13.8 Å². The molecule has 0 aromatic heterocycles. The Morgan fingerprint density at radius 3 is 2.16 bits per heavy atom. The fourth-order valence-corrected chi connectivity index (χ4v) is 2.39. The Labute approximate surface area is 152 Å². The minimum absolute atomic E-state index is 0.0195. The minimum atomic E-state index is -0.280. The SMILES string of the molecule is CCN(CC)C(=O)c1ccc(NC(=O)COc2ccc(Cl)cc2)cc1. The molecule has 0 unspecified atom stereocenters. The second kappa shape index (κ2) is 9.08. The van der Waals surface area contributed by atoms with Gasteiger partial charge >= 0.3 is 0 Å². The monoisotopic (exact) mass is 360 g/mol. The molecule has 0 atom stereocenters. The van der Waals surface area contributed by atoms with E-state index in [9.17, 15) is 9.59 Å². The first-order valence-corrected chi connectivity index (χ1v) is 8.48. The van der Waals surface area contributed by atoms with Crippen molar-refractivity contribution in [1.82, 2.24) is 4.90 Å². The second-order valence-electron chi connectivity index (χ2n) is 5.35. The summed E-state index contributed by atoms with van der Waals surface area (Å²) in [5.41, 5.74) is 1.21. The number of benzene rings is 2. The number of ether oxygens (including phenoxy) is 1. The molecule has 0 spiro atoms. The molecular formula is C19H21ClN2O3. The number of carbonyl (C=O) groups excluding carboxylic acids is 2. The van der Waals surface area contributed by atoms with Crippen LogP contribution in [0.25, 0.3) is 0 Å². The fourth-order valence-electron chi connectivity index (χ4n) is 2.27. The molecule has 1 N–H and O–H groups in total. The van der Waals surface area contributed by atoms with Crippen LogP contribution >= 0.6 is 11.6 Å². The smallest absolute Gasteiger partial charge is 0.262 e. The number of halogens is 1. The largest absolute Gasteiger partial charge is 0.484 e. The van der Waals surface area contributed by atoms with Gasteiger partial charge in [-0.05, 0) is 62.4 Å². The standard InChI is InChI=1S/C19H21ClN2O3/c1-3-22(4-2)19(24)14-5-9-16(10-6-14)21-18(23)13-25-17-11-7-15(20)8-12-17/h5-12H,3-4,13H2,1-2H3,(H,21,23). The third-order valence-electron chi connectivity index (χ3n) is 3.65. The lowest BCUT2D eigenvalue weighted by atomic mass is 10.2. The molecular weight excluding hydrogens is 340 g/mol. The normalized spacial score (nSPS) is 10.2. The van der Waals surface area contributed by atoms with Gasteiger partial charge in [0.1, 0.15) is 5.75 Å². The molecule has 0 aliphatic heterocycles. The molecule has 0 aliphatic carbocycles. The minimum Gasteiger partial charge on any atom is -0.484 e. The van der Waals surface area contributed by atoms with Gasteiger partial charge in [0.05, 0.1) is 0 Å². The molecule has 2 aromatic carbocycles. The zero-order valence-electron chi connectivity index (χ0n) is 14.3.